The normalized spacial score (nSPS) is 17.9. The van der Waals surface area contributed by atoms with Crippen LogP contribution in [-0.2, 0) is 11.3 Å². The van der Waals surface area contributed by atoms with Crippen LogP contribution in [0.15, 0.2) is 35.7 Å². The van der Waals surface area contributed by atoms with E-state index in [1.54, 1.807) is 13.2 Å². The third kappa shape index (κ3) is 4.11. The van der Waals surface area contributed by atoms with Gasteiger partial charge in [0.1, 0.15) is 11.6 Å². The van der Waals surface area contributed by atoms with Crippen molar-refractivity contribution in [3.8, 4) is 5.82 Å². The molecule has 0 radical (unpaired) electrons. The van der Waals surface area contributed by atoms with Gasteiger partial charge in [-0.2, -0.15) is 0 Å². The molecule has 0 bridgehead atoms. The molecule has 0 saturated carbocycles. The van der Waals surface area contributed by atoms with E-state index in [9.17, 15) is 0 Å². The van der Waals surface area contributed by atoms with Crippen LogP contribution in [-0.4, -0.2) is 46.8 Å². The molecule has 1 unspecified atom stereocenters. The lowest BCUT2D eigenvalue weighted by atomic mass is 10.2. The highest BCUT2D eigenvalue weighted by Crippen LogP contribution is 2.10. The first-order valence-electron chi connectivity index (χ1n) is 8.27. The van der Waals surface area contributed by atoms with Crippen molar-refractivity contribution in [1.29, 1.82) is 0 Å². The number of aromatic nitrogens is 3. The summed E-state index contributed by atoms with van der Waals surface area (Å²) >= 11 is 0. The maximum absolute atomic E-state index is 5.61. The van der Waals surface area contributed by atoms with Crippen molar-refractivity contribution in [3.63, 3.8) is 0 Å². The first kappa shape index (κ1) is 16.4. The zero-order chi connectivity index (χ0) is 16.8. The minimum absolute atomic E-state index is 0.294. The molecule has 0 aliphatic carbocycles. The van der Waals surface area contributed by atoms with Crippen LogP contribution in [0.5, 0.6) is 0 Å². The Kier molecular flexibility index (Phi) is 5.43. The average Bonchev–Trinajstić information content (AvgIpc) is 3.27. The van der Waals surface area contributed by atoms with Gasteiger partial charge in [0.15, 0.2) is 5.96 Å². The number of rotatable bonds is 5. The van der Waals surface area contributed by atoms with Gasteiger partial charge in [-0.15, -0.1) is 0 Å². The van der Waals surface area contributed by atoms with E-state index in [-0.39, 0.29) is 0 Å². The standard InChI is InChI=1S/C17H24N6O/c1-13-19-7-8-23(13)16-6-5-14(10-20-16)11-21-17(18-2)22-12-15-4-3-9-24-15/h5-8,10,15H,3-4,9,11-12H2,1-2H3,(H2,18,21,22). The molecule has 1 fully saturated rings. The summed E-state index contributed by atoms with van der Waals surface area (Å²) in [6, 6.07) is 4.05. The topological polar surface area (TPSA) is 76.4 Å². The minimum atomic E-state index is 0.294. The number of imidazole rings is 1. The molecule has 24 heavy (non-hydrogen) atoms. The zero-order valence-electron chi connectivity index (χ0n) is 14.2. The Morgan fingerprint density at radius 2 is 2.29 bits per heavy atom. The molecule has 3 heterocycles. The highest BCUT2D eigenvalue weighted by molar-refractivity contribution is 5.79. The average molecular weight is 328 g/mol. The van der Waals surface area contributed by atoms with E-state index in [4.69, 9.17) is 4.74 Å². The lowest BCUT2D eigenvalue weighted by Gasteiger charge is -2.15. The summed E-state index contributed by atoms with van der Waals surface area (Å²) in [5, 5.41) is 6.60. The van der Waals surface area contributed by atoms with Crippen molar-refractivity contribution in [2.45, 2.75) is 32.4 Å². The third-order valence-corrected chi connectivity index (χ3v) is 4.09. The van der Waals surface area contributed by atoms with Gasteiger partial charge in [0.25, 0.3) is 0 Å². The smallest absolute Gasteiger partial charge is 0.191 e. The van der Waals surface area contributed by atoms with E-state index in [2.05, 4.69) is 31.7 Å². The Morgan fingerprint density at radius 3 is 2.92 bits per heavy atom. The van der Waals surface area contributed by atoms with E-state index in [1.807, 2.05) is 30.0 Å². The van der Waals surface area contributed by atoms with Gasteiger partial charge >= 0.3 is 0 Å². The van der Waals surface area contributed by atoms with Crippen LogP contribution in [0.3, 0.4) is 0 Å². The number of nitrogens with one attached hydrogen (secondary N) is 2. The fourth-order valence-corrected chi connectivity index (χ4v) is 2.71. The predicted octanol–water partition coefficient (Wildman–Crippen LogP) is 1.42. The molecule has 7 heteroatoms. The summed E-state index contributed by atoms with van der Waals surface area (Å²) in [7, 11) is 1.77. The Balaban J connectivity index is 1.51. The fraction of sp³-hybridized carbons (Fsp3) is 0.471. The Labute approximate surface area is 142 Å². The van der Waals surface area contributed by atoms with Crippen LogP contribution in [0.2, 0.25) is 0 Å². The van der Waals surface area contributed by atoms with E-state index in [0.717, 1.165) is 49.2 Å². The van der Waals surface area contributed by atoms with Gasteiger partial charge in [-0.05, 0) is 31.4 Å². The molecule has 2 aromatic heterocycles. The monoisotopic (exact) mass is 328 g/mol. The van der Waals surface area contributed by atoms with Gasteiger partial charge in [-0.25, -0.2) is 9.97 Å². The molecule has 2 N–H and O–H groups in total. The van der Waals surface area contributed by atoms with Crippen LogP contribution in [0, 0.1) is 6.92 Å². The number of hydrogen-bond acceptors (Lipinski definition) is 4. The number of aryl methyl sites for hydroxylation is 1. The highest BCUT2D eigenvalue weighted by atomic mass is 16.5. The second-order valence-corrected chi connectivity index (χ2v) is 5.81. The van der Waals surface area contributed by atoms with Crippen molar-refractivity contribution in [1.82, 2.24) is 25.2 Å². The van der Waals surface area contributed by atoms with Gasteiger partial charge in [0, 0.05) is 45.3 Å². The Hall–Kier alpha value is -2.41. The lowest BCUT2D eigenvalue weighted by Crippen LogP contribution is -2.40. The van der Waals surface area contributed by atoms with E-state index in [1.165, 1.54) is 0 Å². The second kappa shape index (κ2) is 7.92. The van der Waals surface area contributed by atoms with Gasteiger partial charge in [0.2, 0.25) is 0 Å². The maximum Gasteiger partial charge on any atom is 0.191 e. The number of pyridine rings is 1. The van der Waals surface area contributed by atoms with Gasteiger partial charge in [-0.1, -0.05) is 6.07 Å². The zero-order valence-corrected chi connectivity index (χ0v) is 14.2. The summed E-state index contributed by atoms with van der Waals surface area (Å²) in [4.78, 5) is 13.0. The lowest BCUT2D eigenvalue weighted by molar-refractivity contribution is 0.114. The summed E-state index contributed by atoms with van der Waals surface area (Å²) < 4.78 is 7.56. The molecule has 0 spiro atoms. The van der Waals surface area contributed by atoms with Crippen LogP contribution in [0.25, 0.3) is 5.82 Å². The van der Waals surface area contributed by atoms with E-state index in [0.29, 0.717) is 12.6 Å². The molecule has 1 saturated heterocycles. The molecule has 1 atom stereocenters. The van der Waals surface area contributed by atoms with E-state index < -0.39 is 0 Å². The van der Waals surface area contributed by atoms with Gasteiger partial charge in [0.05, 0.1) is 6.10 Å². The number of hydrogen-bond donors (Lipinski definition) is 2. The molecular weight excluding hydrogens is 304 g/mol. The second-order valence-electron chi connectivity index (χ2n) is 5.81. The number of guanidine groups is 1. The third-order valence-electron chi connectivity index (χ3n) is 4.09. The first-order valence-corrected chi connectivity index (χ1v) is 8.27. The molecule has 2 aromatic rings. The molecule has 128 valence electrons. The van der Waals surface area contributed by atoms with Crippen molar-refractivity contribution < 1.29 is 4.74 Å². The summed E-state index contributed by atoms with van der Waals surface area (Å²) in [6.07, 6.45) is 8.11. The summed E-state index contributed by atoms with van der Waals surface area (Å²) in [5.41, 5.74) is 1.09. The minimum Gasteiger partial charge on any atom is -0.376 e. The molecule has 1 aliphatic rings. The largest absolute Gasteiger partial charge is 0.376 e. The van der Waals surface area contributed by atoms with Gasteiger partial charge < -0.3 is 15.4 Å². The van der Waals surface area contributed by atoms with Crippen LogP contribution < -0.4 is 10.6 Å². The Morgan fingerprint density at radius 1 is 1.38 bits per heavy atom. The van der Waals surface area contributed by atoms with Crippen LogP contribution in [0.1, 0.15) is 24.2 Å². The SMILES string of the molecule is CN=C(NCc1ccc(-n2ccnc2C)nc1)NCC1CCCO1. The van der Waals surface area contributed by atoms with Crippen LogP contribution in [0.4, 0.5) is 0 Å². The fourth-order valence-electron chi connectivity index (χ4n) is 2.71. The number of aliphatic imine (C=N–C) groups is 1. The molecule has 3 rings (SSSR count). The van der Waals surface area contributed by atoms with Crippen molar-refractivity contribution in [2.24, 2.45) is 4.99 Å². The number of nitrogens with zero attached hydrogens (tertiary/aromatic N) is 4. The summed E-state index contributed by atoms with van der Waals surface area (Å²) in [6.45, 7) is 4.28. The van der Waals surface area contributed by atoms with Crippen LogP contribution >= 0.6 is 0 Å². The maximum atomic E-state index is 5.61. The molecule has 0 amide bonds. The molecule has 7 nitrogen and oxygen atoms in total. The van der Waals surface area contributed by atoms with Crippen molar-refractivity contribution >= 4 is 5.96 Å². The summed E-state index contributed by atoms with van der Waals surface area (Å²) in [5.74, 6) is 2.57. The predicted molar refractivity (Wildman–Crippen MR) is 93.3 cm³/mol. The molecular formula is C17H24N6O. The molecule has 0 aromatic carbocycles. The van der Waals surface area contributed by atoms with Crippen molar-refractivity contribution in [2.75, 3.05) is 20.2 Å². The first-order chi connectivity index (χ1) is 11.8. The molecule has 1 aliphatic heterocycles. The number of ether oxygens (including phenoxy) is 1. The van der Waals surface area contributed by atoms with Crippen molar-refractivity contribution in [3.05, 3.63) is 42.1 Å². The highest BCUT2D eigenvalue weighted by Gasteiger charge is 2.15. The van der Waals surface area contributed by atoms with Gasteiger partial charge in [-0.3, -0.25) is 9.56 Å². The Bertz CT molecular complexity index is 673. The quantitative estimate of drug-likeness (QED) is 0.641. The van der Waals surface area contributed by atoms with E-state index >= 15 is 0 Å².